The Morgan fingerprint density at radius 1 is 1.19 bits per heavy atom. The van der Waals surface area contributed by atoms with Crippen molar-refractivity contribution in [1.82, 2.24) is 25.5 Å². The van der Waals surface area contributed by atoms with Crippen LogP contribution in [-0.4, -0.2) is 32.8 Å². The monoisotopic (exact) mass is 370 g/mol. The van der Waals surface area contributed by atoms with Gasteiger partial charge in [-0.25, -0.2) is 9.48 Å². The van der Waals surface area contributed by atoms with E-state index in [9.17, 15) is 4.79 Å². The van der Waals surface area contributed by atoms with Crippen LogP contribution in [0, 0.1) is 0 Å². The molecule has 0 spiro atoms. The minimum Gasteiger partial charge on any atom is -0.494 e. The van der Waals surface area contributed by atoms with Crippen molar-refractivity contribution in [3.63, 3.8) is 0 Å². The number of unbranched alkanes of at least 4 members (excludes halogenated alkanes) is 1. The second-order valence-corrected chi connectivity index (χ2v) is 7.26. The number of amides is 2. The number of benzene rings is 1. The van der Waals surface area contributed by atoms with Gasteiger partial charge in [0.25, 0.3) is 0 Å². The third-order valence-corrected chi connectivity index (χ3v) is 5.31. The van der Waals surface area contributed by atoms with E-state index in [1.807, 2.05) is 22.9 Å². The quantitative estimate of drug-likeness (QED) is 0.730. The Labute approximate surface area is 158 Å². The second-order valence-electron chi connectivity index (χ2n) is 7.26. The van der Waals surface area contributed by atoms with Gasteiger partial charge in [0, 0.05) is 18.7 Å². The summed E-state index contributed by atoms with van der Waals surface area (Å²) in [6.45, 7) is 1.19. The molecule has 1 aliphatic heterocycles. The molecule has 1 aromatic heterocycles. The lowest BCUT2D eigenvalue weighted by molar-refractivity contribution is 0.250. The summed E-state index contributed by atoms with van der Waals surface area (Å²) < 4.78 is 7.91. The maximum absolute atomic E-state index is 11.3. The second kappa shape index (κ2) is 8.37. The SMILES string of the molecule is O=C1NCc2cc(OCCCCc3nnnn3C3CCCCC3)ccc2N1. The average molecular weight is 370 g/mol. The fourth-order valence-electron chi connectivity index (χ4n) is 3.83. The van der Waals surface area contributed by atoms with E-state index < -0.39 is 0 Å². The van der Waals surface area contributed by atoms with E-state index >= 15 is 0 Å². The van der Waals surface area contributed by atoms with Crippen LogP contribution in [-0.2, 0) is 13.0 Å². The Kier molecular flexibility index (Phi) is 5.50. The molecule has 2 N–H and O–H groups in total. The molecule has 0 bridgehead atoms. The van der Waals surface area contributed by atoms with Crippen molar-refractivity contribution >= 4 is 11.7 Å². The molecule has 1 saturated carbocycles. The molecule has 27 heavy (non-hydrogen) atoms. The van der Waals surface area contributed by atoms with Gasteiger partial charge in [0.1, 0.15) is 5.75 Å². The lowest BCUT2D eigenvalue weighted by atomic mass is 9.95. The summed E-state index contributed by atoms with van der Waals surface area (Å²) >= 11 is 0. The number of anilines is 1. The van der Waals surface area contributed by atoms with Gasteiger partial charge in [-0.15, -0.1) is 5.10 Å². The number of hydrogen-bond donors (Lipinski definition) is 2. The van der Waals surface area contributed by atoms with Crippen LogP contribution in [0.4, 0.5) is 10.5 Å². The van der Waals surface area contributed by atoms with E-state index in [1.165, 1.54) is 32.1 Å². The first-order valence-corrected chi connectivity index (χ1v) is 9.87. The summed E-state index contributed by atoms with van der Waals surface area (Å²) in [7, 11) is 0. The predicted molar refractivity (Wildman–Crippen MR) is 101 cm³/mol. The molecular formula is C19H26N6O2. The van der Waals surface area contributed by atoms with Gasteiger partial charge in [-0.1, -0.05) is 19.3 Å². The van der Waals surface area contributed by atoms with Crippen molar-refractivity contribution in [2.24, 2.45) is 0 Å². The first-order valence-electron chi connectivity index (χ1n) is 9.87. The summed E-state index contributed by atoms with van der Waals surface area (Å²) in [4.78, 5) is 11.3. The zero-order chi connectivity index (χ0) is 18.5. The molecule has 4 rings (SSSR count). The van der Waals surface area contributed by atoms with Crippen molar-refractivity contribution < 1.29 is 9.53 Å². The number of carbonyl (C=O) groups excluding carboxylic acids is 1. The molecular weight excluding hydrogens is 344 g/mol. The molecule has 8 nitrogen and oxygen atoms in total. The Balaban J connectivity index is 1.22. The van der Waals surface area contributed by atoms with Crippen molar-refractivity contribution in [2.45, 2.75) is 64.0 Å². The number of aromatic nitrogens is 4. The first-order chi connectivity index (χ1) is 13.3. The summed E-state index contributed by atoms with van der Waals surface area (Å²) in [5.41, 5.74) is 1.89. The lowest BCUT2D eigenvalue weighted by Crippen LogP contribution is -2.33. The molecule has 2 aliphatic rings. The highest BCUT2D eigenvalue weighted by molar-refractivity contribution is 5.92. The summed E-state index contributed by atoms with van der Waals surface area (Å²) in [6.07, 6.45) is 9.09. The summed E-state index contributed by atoms with van der Waals surface area (Å²) in [5, 5.41) is 17.9. The van der Waals surface area contributed by atoms with Crippen molar-refractivity contribution in [1.29, 1.82) is 0 Å². The Hall–Kier alpha value is -2.64. The molecule has 0 atom stereocenters. The average Bonchev–Trinajstić information content (AvgIpc) is 3.17. The Bertz CT molecular complexity index is 784. The standard InChI is InChI=1S/C19H26N6O2/c26-19-20-13-14-12-16(9-10-17(14)21-19)27-11-5-4-8-18-22-23-24-25(18)15-6-2-1-3-7-15/h9-10,12,15H,1-8,11,13H2,(H2,20,21,26). The number of nitrogens with zero attached hydrogens (tertiary/aromatic N) is 4. The minimum atomic E-state index is -0.160. The van der Waals surface area contributed by atoms with Gasteiger partial charge in [-0.05, 0) is 59.9 Å². The molecule has 2 heterocycles. The van der Waals surface area contributed by atoms with Gasteiger partial charge < -0.3 is 15.4 Å². The van der Waals surface area contributed by atoms with E-state index in [4.69, 9.17) is 4.74 Å². The molecule has 2 aromatic rings. The van der Waals surface area contributed by atoms with Gasteiger partial charge in [0.05, 0.1) is 12.6 Å². The molecule has 0 radical (unpaired) electrons. The van der Waals surface area contributed by atoms with Crippen LogP contribution in [0.15, 0.2) is 18.2 Å². The van der Waals surface area contributed by atoms with Crippen LogP contribution in [0.25, 0.3) is 0 Å². The summed E-state index contributed by atoms with van der Waals surface area (Å²) in [5.74, 6) is 1.83. The van der Waals surface area contributed by atoms with Crippen molar-refractivity contribution in [3.8, 4) is 5.75 Å². The van der Waals surface area contributed by atoms with Crippen LogP contribution >= 0.6 is 0 Å². The van der Waals surface area contributed by atoms with Gasteiger partial charge in [0.15, 0.2) is 5.82 Å². The molecule has 0 unspecified atom stereocenters. The van der Waals surface area contributed by atoms with E-state index in [-0.39, 0.29) is 6.03 Å². The van der Waals surface area contributed by atoms with Gasteiger partial charge in [0.2, 0.25) is 0 Å². The normalized spacial score (nSPS) is 17.1. The topological polar surface area (TPSA) is 94.0 Å². The van der Waals surface area contributed by atoms with Gasteiger partial charge >= 0.3 is 6.03 Å². The van der Waals surface area contributed by atoms with Crippen LogP contribution in [0.1, 0.15) is 62.4 Å². The van der Waals surface area contributed by atoms with Gasteiger partial charge in [-0.2, -0.15) is 0 Å². The first kappa shape index (κ1) is 17.8. The van der Waals surface area contributed by atoms with E-state index in [0.29, 0.717) is 19.2 Å². The number of nitrogens with one attached hydrogen (secondary N) is 2. The number of aryl methyl sites for hydroxylation is 1. The number of urea groups is 1. The predicted octanol–water partition coefficient (Wildman–Crippen LogP) is 3.22. The van der Waals surface area contributed by atoms with E-state index in [2.05, 4.69) is 26.2 Å². The largest absolute Gasteiger partial charge is 0.494 e. The third kappa shape index (κ3) is 4.37. The Morgan fingerprint density at radius 2 is 2.07 bits per heavy atom. The molecule has 0 saturated heterocycles. The lowest BCUT2D eigenvalue weighted by Gasteiger charge is -2.22. The summed E-state index contributed by atoms with van der Waals surface area (Å²) in [6, 6.07) is 6.08. The molecule has 1 aliphatic carbocycles. The fraction of sp³-hybridized carbons (Fsp3) is 0.579. The zero-order valence-corrected chi connectivity index (χ0v) is 15.5. The van der Waals surface area contributed by atoms with Crippen LogP contribution in [0.3, 0.4) is 0 Å². The number of tetrazole rings is 1. The van der Waals surface area contributed by atoms with Crippen LogP contribution < -0.4 is 15.4 Å². The highest BCUT2D eigenvalue weighted by Crippen LogP contribution is 2.28. The number of ether oxygens (including phenoxy) is 1. The van der Waals surface area contributed by atoms with E-state index in [0.717, 1.165) is 42.1 Å². The molecule has 1 fully saturated rings. The van der Waals surface area contributed by atoms with Crippen molar-refractivity contribution in [2.75, 3.05) is 11.9 Å². The number of fused-ring (bicyclic) bond motifs is 1. The minimum absolute atomic E-state index is 0.160. The third-order valence-electron chi connectivity index (χ3n) is 5.31. The smallest absolute Gasteiger partial charge is 0.319 e. The van der Waals surface area contributed by atoms with Crippen LogP contribution in [0.5, 0.6) is 5.75 Å². The maximum Gasteiger partial charge on any atom is 0.319 e. The van der Waals surface area contributed by atoms with E-state index in [1.54, 1.807) is 0 Å². The molecule has 144 valence electrons. The number of carbonyl (C=O) groups is 1. The zero-order valence-electron chi connectivity index (χ0n) is 15.5. The fourth-order valence-corrected chi connectivity index (χ4v) is 3.83. The molecule has 8 heteroatoms. The number of hydrogen-bond acceptors (Lipinski definition) is 5. The highest BCUT2D eigenvalue weighted by atomic mass is 16.5. The Morgan fingerprint density at radius 3 is 2.96 bits per heavy atom. The number of rotatable bonds is 7. The molecule has 1 aromatic carbocycles. The van der Waals surface area contributed by atoms with Crippen molar-refractivity contribution in [3.05, 3.63) is 29.6 Å². The highest BCUT2D eigenvalue weighted by Gasteiger charge is 2.19. The van der Waals surface area contributed by atoms with Gasteiger partial charge in [-0.3, -0.25) is 0 Å². The molecule has 2 amide bonds. The van der Waals surface area contributed by atoms with Crippen LogP contribution in [0.2, 0.25) is 0 Å². The maximum atomic E-state index is 11.3.